The lowest BCUT2D eigenvalue weighted by Crippen LogP contribution is -2.54. The lowest BCUT2D eigenvalue weighted by atomic mass is 9.89. The van der Waals surface area contributed by atoms with Gasteiger partial charge in [-0.3, -0.25) is 4.99 Å². The molecule has 172 valence electrons. The van der Waals surface area contributed by atoms with Gasteiger partial charge in [-0.2, -0.15) is 5.26 Å². The first-order valence-electron chi connectivity index (χ1n) is 11.1. The quantitative estimate of drug-likeness (QED) is 0.329. The third-order valence-electron chi connectivity index (χ3n) is 6.38. The summed E-state index contributed by atoms with van der Waals surface area (Å²) < 4.78 is 5.59. The largest absolute Gasteiger partial charge is 0.381 e. The van der Waals surface area contributed by atoms with Crippen molar-refractivity contribution in [2.75, 3.05) is 58.4 Å². The van der Waals surface area contributed by atoms with Crippen LogP contribution in [0.25, 0.3) is 0 Å². The van der Waals surface area contributed by atoms with E-state index in [0.29, 0.717) is 6.04 Å². The fourth-order valence-corrected chi connectivity index (χ4v) is 4.40. The molecule has 3 rings (SSSR count). The van der Waals surface area contributed by atoms with E-state index in [0.717, 1.165) is 82.3 Å². The molecule has 0 bridgehead atoms. The normalized spacial score (nSPS) is 21.2. The molecule has 0 saturated carbocycles. The van der Waals surface area contributed by atoms with Crippen molar-refractivity contribution in [1.82, 2.24) is 15.5 Å². The van der Waals surface area contributed by atoms with Gasteiger partial charge >= 0.3 is 0 Å². The van der Waals surface area contributed by atoms with Gasteiger partial charge in [-0.25, -0.2) is 0 Å². The molecule has 2 aliphatic rings. The van der Waals surface area contributed by atoms with Crippen molar-refractivity contribution < 1.29 is 4.74 Å². The number of para-hydroxylation sites is 1. The fraction of sp³-hybridized carbons (Fsp3) is 0.652. The number of nitrogens with one attached hydrogen (secondary N) is 2. The molecule has 8 heteroatoms. The van der Waals surface area contributed by atoms with Crippen LogP contribution in [0, 0.1) is 11.3 Å². The number of nitriles is 1. The number of hydrogen-bond donors (Lipinski definition) is 2. The van der Waals surface area contributed by atoms with Crippen molar-refractivity contribution in [3.63, 3.8) is 0 Å². The Balaban J connectivity index is 0.00000341. The number of likely N-dealkylation sites (N-methyl/N-ethyl adjacent to an activating group) is 1. The zero-order valence-electron chi connectivity index (χ0n) is 19.1. The van der Waals surface area contributed by atoms with Crippen molar-refractivity contribution in [2.45, 2.75) is 44.2 Å². The number of piperidine rings is 1. The summed E-state index contributed by atoms with van der Waals surface area (Å²) in [5.41, 5.74) is 1.83. The molecule has 0 radical (unpaired) electrons. The Kier molecular flexibility index (Phi) is 10.3. The number of hydrogen-bond acceptors (Lipinski definition) is 5. The maximum absolute atomic E-state index is 9.46. The standard InChI is InChI=1S/C23H36N6O.HI/c1-4-25-22(26-18-23(28(2)3)11-14-30-15-12-23)27-20-9-7-13-29(17-20)21-10-6-5-8-19(21)16-24;/h5-6,8,10,20H,4,7,9,11-15,17-18H2,1-3H3,(H2,25,26,27);1H. The minimum atomic E-state index is 0. The third-order valence-corrected chi connectivity index (χ3v) is 6.38. The number of halogens is 1. The van der Waals surface area contributed by atoms with E-state index in [-0.39, 0.29) is 29.5 Å². The molecular weight excluding hydrogens is 503 g/mol. The molecule has 31 heavy (non-hydrogen) atoms. The zero-order chi connectivity index (χ0) is 21.4. The Labute approximate surface area is 204 Å². The lowest BCUT2D eigenvalue weighted by molar-refractivity contribution is -0.00255. The molecule has 2 fully saturated rings. The third kappa shape index (κ3) is 6.70. The van der Waals surface area contributed by atoms with Gasteiger partial charge in [-0.1, -0.05) is 12.1 Å². The van der Waals surface area contributed by atoms with E-state index in [4.69, 9.17) is 9.73 Å². The van der Waals surface area contributed by atoms with Crippen molar-refractivity contribution in [1.29, 1.82) is 5.26 Å². The first-order valence-corrected chi connectivity index (χ1v) is 11.1. The van der Waals surface area contributed by atoms with Gasteiger partial charge in [-0.05, 0) is 58.8 Å². The maximum atomic E-state index is 9.46. The molecule has 0 amide bonds. The average Bonchev–Trinajstić information content (AvgIpc) is 2.78. The molecule has 2 aliphatic heterocycles. The van der Waals surface area contributed by atoms with Gasteiger partial charge in [0.2, 0.25) is 0 Å². The topological polar surface area (TPSA) is 75.9 Å². The summed E-state index contributed by atoms with van der Waals surface area (Å²) in [6.07, 6.45) is 4.20. The van der Waals surface area contributed by atoms with Crippen LogP contribution in [0.5, 0.6) is 0 Å². The van der Waals surface area contributed by atoms with E-state index < -0.39 is 0 Å². The first-order chi connectivity index (χ1) is 14.6. The van der Waals surface area contributed by atoms with Crippen LogP contribution in [0.3, 0.4) is 0 Å². The van der Waals surface area contributed by atoms with Gasteiger partial charge in [-0.15, -0.1) is 24.0 Å². The second-order valence-corrected chi connectivity index (χ2v) is 8.48. The molecule has 2 heterocycles. The second kappa shape index (κ2) is 12.5. The lowest BCUT2D eigenvalue weighted by Gasteiger charge is -2.42. The Morgan fingerprint density at radius 3 is 2.74 bits per heavy atom. The molecule has 1 aromatic rings. The van der Waals surface area contributed by atoms with E-state index in [1.807, 2.05) is 24.3 Å². The van der Waals surface area contributed by atoms with Gasteiger partial charge in [0, 0.05) is 44.4 Å². The van der Waals surface area contributed by atoms with E-state index in [2.05, 4.69) is 47.5 Å². The predicted octanol–water partition coefficient (Wildman–Crippen LogP) is 2.81. The van der Waals surface area contributed by atoms with Crippen LogP contribution in [0.15, 0.2) is 29.3 Å². The van der Waals surface area contributed by atoms with Crippen LogP contribution in [0.4, 0.5) is 5.69 Å². The highest BCUT2D eigenvalue weighted by Crippen LogP contribution is 2.26. The molecule has 1 atom stereocenters. The minimum absolute atomic E-state index is 0. The number of anilines is 1. The van der Waals surface area contributed by atoms with Crippen LogP contribution >= 0.6 is 24.0 Å². The highest BCUT2D eigenvalue weighted by Gasteiger charge is 2.35. The van der Waals surface area contributed by atoms with Crippen LogP contribution < -0.4 is 15.5 Å². The van der Waals surface area contributed by atoms with E-state index >= 15 is 0 Å². The fourth-order valence-electron chi connectivity index (χ4n) is 4.40. The molecule has 7 nitrogen and oxygen atoms in total. The minimum Gasteiger partial charge on any atom is -0.381 e. The number of guanidine groups is 1. The summed E-state index contributed by atoms with van der Waals surface area (Å²) in [6.45, 7) is 7.14. The number of ether oxygens (including phenoxy) is 1. The Hall–Kier alpha value is -1.57. The summed E-state index contributed by atoms with van der Waals surface area (Å²) >= 11 is 0. The Morgan fingerprint density at radius 1 is 1.32 bits per heavy atom. The van der Waals surface area contributed by atoms with Gasteiger partial charge < -0.3 is 25.2 Å². The van der Waals surface area contributed by atoms with Crippen molar-refractivity contribution >= 4 is 35.6 Å². The zero-order valence-corrected chi connectivity index (χ0v) is 21.4. The monoisotopic (exact) mass is 540 g/mol. The summed E-state index contributed by atoms with van der Waals surface area (Å²) in [7, 11) is 4.29. The molecule has 2 N–H and O–H groups in total. The second-order valence-electron chi connectivity index (χ2n) is 8.48. The predicted molar refractivity (Wildman–Crippen MR) is 137 cm³/mol. The van der Waals surface area contributed by atoms with Crippen molar-refractivity contribution in [3.8, 4) is 6.07 Å². The Bertz CT molecular complexity index is 757. The smallest absolute Gasteiger partial charge is 0.191 e. The first kappa shape index (κ1) is 25.7. The molecule has 0 aromatic heterocycles. The molecule has 0 aliphatic carbocycles. The number of rotatable bonds is 6. The molecule has 2 saturated heterocycles. The van der Waals surface area contributed by atoms with Crippen LogP contribution in [0.2, 0.25) is 0 Å². The summed E-state index contributed by atoms with van der Waals surface area (Å²) in [4.78, 5) is 9.61. The number of aliphatic imine (C=N–C) groups is 1. The van der Waals surface area contributed by atoms with Crippen molar-refractivity contribution in [3.05, 3.63) is 29.8 Å². The van der Waals surface area contributed by atoms with Crippen LogP contribution in [-0.2, 0) is 4.74 Å². The van der Waals surface area contributed by atoms with Gasteiger partial charge in [0.15, 0.2) is 5.96 Å². The van der Waals surface area contributed by atoms with Crippen LogP contribution in [0.1, 0.15) is 38.2 Å². The maximum Gasteiger partial charge on any atom is 0.191 e. The highest BCUT2D eigenvalue weighted by atomic mass is 127. The van der Waals surface area contributed by atoms with Crippen LogP contribution in [-0.4, -0.2) is 75.9 Å². The summed E-state index contributed by atoms with van der Waals surface area (Å²) in [6, 6.07) is 10.5. The summed E-state index contributed by atoms with van der Waals surface area (Å²) in [5.74, 6) is 0.880. The van der Waals surface area contributed by atoms with E-state index in [1.165, 1.54) is 0 Å². The molecular formula is C23H37IN6O. The van der Waals surface area contributed by atoms with E-state index in [9.17, 15) is 5.26 Å². The Morgan fingerprint density at radius 2 is 2.06 bits per heavy atom. The molecule has 1 unspecified atom stereocenters. The van der Waals surface area contributed by atoms with E-state index in [1.54, 1.807) is 0 Å². The summed E-state index contributed by atoms with van der Waals surface area (Å²) in [5, 5.41) is 16.5. The number of nitrogens with zero attached hydrogens (tertiary/aromatic N) is 4. The van der Waals surface area contributed by atoms with Crippen molar-refractivity contribution in [2.24, 2.45) is 4.99 Å². The van der Waals surface area contributed by atoms with Gasteiger partial charge in [0.25, 0.3) is 0 Å². The van der Waals surface area contributed by atoms with Gasteiger partial charge in [0.1, 0.15) is 6.07 Å². The molecule has 1 aromatic carbocycles. The average molecular weight is 540 g/mol. The SMILES string of the molecule is CCNC(=NCC1(N(C)C)CCOCC1)NC1CCCN(c2ccccc2C#N)C1.I. The molecule has 0 spiro atoms. The number of benzene rings is 1. The van der Waals surface area contributed by atoms with Gasteiger partial charge in [0.05, 0.1) is 17.8 Å². The highest BCUT2D eigenvalue weighted by molar-refractivity contribution is 14.0.